The fraction of sp³-hybridized carbons (Fsp3) is 0.615. The summed E-state index contributed by atoms with van der Waals surface area (Å²) in [6.07, 6.45) is 7.07. The molecule has 2 rings (SSSR count). The lowest BCUT2D eigenvalue weighted by molar-refractivity contribution is 0.107. The van der Waals surface area contributed by atoms with E-state index in [9.17, 15) is 4.39 Å². The maximum atomic E-state index is 14.3. The van der Waals surface area contributed by atoms with E-state index < -0.39 is 5.67 Å². The van der Waals surface area contributed by atoms with Crippen LogP contribution in [0.1, 0.15) is 43.4 Å². The van der Waals surface area contributed by atoms with E-state index in [4.69, 9.17) is 0 Å². The maximum absolute atomic E-state index is 14.3. The fourth-order valence-electron chi connectivity index (χ4n) is 2.33. The molecule has 2 heteroatoms. The third-order valence-electron chi connectivity index (χ3n) is 3.24. The number of hydrogen-bond acceptors (Lipinski definition) is 1. The Morgan fingerprint density at radius 3 is 2.60 bits per heavy atom. The van der Waals surface area contributed by atoms with Crippen molar-refractivity contribution in [1.82, 2.24) is 4.98 Å². The summed E-state index contributed by atoms with van der Waals surface area (Å²) >= 11 is 0. The van der Waals surface area contributed by atoms with Crippen molar-refractivity contribution in [3.05, 3.63) is 29.6 Å². The Morgan fingerprint density at radius 2 is 2.00 bits per heavy atom. The minimum absolute atomic E-state index is 0.542. The van der Waals surface area contributed by atoms with Gasteiger partial charge in [-0.05, 0) is 31.4 Å². The van der Waals surface area contributed by atoms with Gasteiger partial charge in [0, 0.05) is 18.3 Å². The second-order valence-electron chi connectivity index (χ2n) is 4.70. The summed E-state index contributed by atoms with van der Waals surface area (Å²) in [5.74, 6) is 0. The first-order valence-corrected chi connectivity index (χ1v) is 5.78. The third-order valence-corrected chi connectivity index (χ3v) is 3.24. The molecule has 0 aliphatic heterocycles. The molecule has 1 nitrogen and oxygen atoms in total. The zero-order valence-electron chi connectivity index (χ0n) is 9.30. The molecule has 15 heavy (non-hydrogen) atoms. The molecule has 0 amide bonds. The Morgan fingerprint density at radius 1 is 1.27 bits per heavy atom. The number of aryl methyl sites for hydroxylation is 1. The Kier molecular flexibility index (Phi) is 3.03. The smallest absolute Gasteiger partial charge is 0.115 e. The van der Waals surface area contributed by atoms with E-state index >= 15 is 0 Å². The molecule has 1 aromatic rings. The topological polar surface area (TPSA) is 12.9 Å². The van der Waals surface area contributed by atoms with Crippen LogP contribution in [0.5, 0.6) is 0 Å². The van der Waals surface area contributed by atoms with Crippen molar-refractivity contribution < 1.29 is 4.39 Å². The average Bonchev–Trinajstić information content (AvgIpc) is 2.22. The highest BCUT2D eigenvalue weighted by atomic mass is 19.1. The standard InChI is InChI=1S/C13H18FN/c1-11-5-6-12(10-15-11)9-13(14)7-3-2-4-8-13/h5-6,10H,2-4,7-9H2,1H3. The van der Waals surface area contributed by atoms with Crippen LogP contribution < -0.4 is 0 Å². The van der Waals surface area contributed by atoms with Gasteiger partial charge >= 0.3 is 0 Å². The molecule has 0 unspecified atom stereocenters. The lowest BCUT2D eigenvalue weighted by Gasteiger charge is -2.29. The highest BCUT2D eigenvalue weighted by molar-refractivity contribution is 5.15. The summed E-state index contributed by atoms with van der Waals surface area (Å²) < 4.78 is 14.3. The quantitative estimate of drug-likeness (QED) is 0.722. The van der Waals surface area contributed by atoms with Gasteiger partial charge in [-0.1, -0.05) is 25.3 Å². The van der Waals surface area contributed by atoms with E-state index in [1.807, 2.05) is 25.3 Å². The molecule has 82 valence electrons. The van der Waals surface area contributed by atoms with Crippen LogP contribution in [0.4, 0.5) is 4.39 Å². The predicted octanol–water partition coefficient (Wildman–Crippen LogP) is 3.60. The second-order valence-corrected chi connectivity index (χ2v) is 4.70. The first-order valence-electron chi connectivity index (χ1n) is 5.78. The van der Waals surface area contributed by atoms with Crippen molar-refractivity contribution in [1.29, 1.82) is 0 Å². The monoisotopic (exact) mass is 207 g/mol. The van der Waals surface area contributed by atoms with Gasteiger partial charge in [0.15, 0.2) is 0 Å². The number of nitrogens with zero attached hydrogens (tertiary/aromatic N) is 1. The van der Waals surface area contributed by atoms with Gasteiger partial charge in [0.05, 0.1) is 0 Å². The zero-order chi connectivity index (χ0) is 10.7. The number of rotatable bonds is 2. The number of halogens is 1. The molecule has 0 spiro atoms. The van der Waals surface area contributed by atoms with Crippen LogP contribution in [0.25, 0.3) is 0 Å². The van der Waals surface area contributed by atoms with Crippen LogP contribution in [-0.4, -0.2) is 10.7 Å². The van der Waals surface area contributed by atoms with Crippen LogP contribution in [0.3, 0.4) is 0 Å². The predicted molar refractivity (Wildman–Crippen MR) is 59.6 cm³/mol. The van der Waals surface area contributed by atoms with Gasteiger partial charge in [0.1, 0.15) is 5.67 Å². The number of aromatic nitrogens is 1. The molecular formula is C13H18FN. The van der Waals surface area contributed by atoms with Crippen LogP contribution in [0.2, 0.25) is 0 Å². The number of pyridine rings is 1. The molecule has 0 N–H and O–H groups in total. The highest BCUT2D eigenvalue weighted by Crippen LogP contribution is 2.34. The van der Waals surface area contributed by atoms with Gasteiger partial charge < -0.3 is 0 Å². The largest absolute Gasteiger partial charge is 0.261 e. The van der Waals surface area contributed by atoms with E-state index in [1.165, 1.54) is 6.42 Å². The van der Waals surface area contributed by atoms with Crippen LogP contribution in [0.15, 0.2) is 18.3 Å². The van der Waals surface area contributed by atoms with Crippen molar-refractivity contribution in [2.24, 2.45) is 0 Å². The summed E-state index contributed by atoms with van der Waals surface area (Å²) in [5, 5.41) is 0. The normalized spacial score (nSPS) is 20.1. The van der Waals surface area contributed by atoms with Gasteiger partial charge in [-0.25, -0.2) is 4.39 Å². The van der Waals surface area contributed by atoms with Crippen molar-refractivity contribution >= 4 is 0 Å². The molecule has 0 bridgehead atoms. The molecule has 0 aromatic carbocycles. The molecule has 0 radical (unpaired) electrons. The van der Waals surface area contributed by atoms with E-state index in [-0.39, 0.29) is 0 Å². The third kappa shape index (κ3) is 2.77. The van der Waals surface area contributed by atoms with Crippen LogP contribution in [0, 0.1) is 6.92 Å². The summed E-state index contributed by atoms with van der Waals surface area (Å²) in [4.78, 5) is 4.21. The van der Waals surface area contributed by atoms with Crippen molar-refractivity contribution in [3.63, 3.8) is 0 Å². The van der Waals surface area contributed by atoms with Crippen molar-refractivity contribution in [2.45, 2.75) is 51.1 Å². The lowest BCUT2D eigenvalue weighted by Crippen LogP contribution is -2.28. The Hall–Kier alpha value is -0.920. The molecular weight excluding hydrogens is 189 g/mol. The van der Waals surface area contributed by atoms with Crippen molar-refractivity contribution in [3.8, 4) is 0 Å². The van der Waals surface area contributed by atoms with Gasteiger partial charge in [-0.15, -0.1) is 0 Å². The lowest BCUT2D eigenvalue weighted by atomic mass is 9.82. The summed E-state index contributed by atoms with van der Waals surface area (Å²) in [7, 11) is 0. The number of hydrogen-bond donors (Lipinski definition) is 0. The molecule has 1 aromatic heterocycles. The molecule has 0 saturated heterocycles. The minimum atomic E-state index is -0.963. The van der Waals surface area contributed by atoms with E-state index in [0.717, 1.165) is 36.9 Å². The van der Waals surface area contributed by atoms with Crippen LogP contribution >= 0.6 is 0 Å². The Balaban J connectivity index is 2.03. The first-order chi connectivity index (χ1) is 7.18. The van der Waals surface area contributed by atoms with E-state index in [0.29, 0.717) is 6.42 Å². The van der Waals surface area contributed by atoms with E-state index in [2.05, 4.69) is 4.98 Å². The molecule has 1 saturated carbocycles. The van der Waals surface area contributed by atoms with Gasteiger partial charge in [-0.3, -0.25) is 4.98 Å². The summed E-state index contributed by atoms with van der Waals surface area (Å²) in [5.41, 5.74) is 1.06. The zero-order valence-corrected chi connectivity index (χ0v) is 9.30. The highest BCUT2D eigenvalue weighted by Gasteiger charge is 2.31. The molecule has 1 fully saturated rings. The molecule has 0 atom stereocenters. The minimum Gasteiger partial charge on any atom is -0.261 e. The number of alkyl halides is 1. The Labute approximate surface area is 90.7 Å². The SMILES string of the molecule is Cc1ccc(CC2(F)CCCCC2)cn1. The molecule has 1 aliphatic carbocycles. The Bertz CT molecular complexity index is 312. The van der Waals surface area contributed by atoms with Gasteiger partial charge in [0.2, 0.25) is 0 Å². The fourth-order valence-corrected chi connectivity index (χ4v) is 2.33. The maximum Gasteiger partial charge on any atom is 0.115 e. The summed E-state index contributed by atoms with van der Waals surface area (Å²) in [6, 6.07) is 3.96. The second kappa shape index (κ2) is 4.30. The van der Waals surface area contributed by atoms with Gasteiger partial charge in [0.25, 0.3) is 0 Å². The van der Waals surface area contributed by atoms with Crippen molar-refractivity contribution in [2.75, 3.05) is 0 Å². The first kappa shape index (κ1) is 10.6. The van der Waals surface area contributed by atoms with Gasteiger partial charge in [-0.2, -0.15) is 0 Å². The average molecular weight is 207 g/mol. The van der Waals surface area contributed by atoms with Crippen LogP contribution in [-0.2, 0) is 6.42 Å². The molecule has 1 aliphatic rings. The van der Waals surface area contributed by atoms with E-state index in [1.54, 1.807) is 0 Å². The molecule has 1 heterocycles. The summed E-state index contributed by atoms with van der Waals surface area (Å²) in [6.45, 7) is 1.95.